The van der Waals surface area contributed by atoms with Gasteiger partial charge in [0.2, 0.25) is 5.95 Å². The SMILES string of the molecule is Cc1ccc(Cn2cnc(NC(=S)NCc3ccccc3)n2)cc1. The van der Waals surface area contributed by atoms with Crippen LogP contribution in [0.25, 0.3) is 0 Å². The minimum Gasteiger partial charge on any atom is -0.358 e. The molecule has 2 N–H and O–H groups in total. The molecule has 0 atom stereocenters. The predicted molar refractivity (Wildman–Crippen MR) is 99.8 cm³/mol. The van der Waals surface area contributed by atoms with Crippen molar-refractivity contribution in [3.63, 3.8) is 0 Å². The van der Waals surface area contributed by atoms with Crippen molar-refractivity contribution in [2.24, 2.45) is 0 Å². The molecule has 0 saturated heterocycles. The Morgan fingerprint density at radius 3 is 2.54 bits per heavy atom. The number of anilines is 1. The molecule has 0 unspecified atom stereocenters. The summed E-state index contributed by atoms with van der Waals surface area (Å²) in [5.41, 5.74) is 3.59. The number of aryl methyl sites for hydroxylation is 1. The number of nitrogens with zero attached hydrogens (tertiary/aromatic N) is 3. The van der Waals surface area contributed by atoms with Gasteiger partial charge in [-0.25, -0.2) is 9.67 Å². The zero-order valence-corrected chi connectivity index (χ0v) is 14.3. The number of nitrogens with one attached hydrogen (secondary N) is 2. The Bertz CT molecular complexity index is 796. The third-order valence-electron chi connectivity index (χ3n) is 3.52. The lowest BCUT2D eigenvalue weighted by atomic mass is 10.1. The maximum Gasteiger partial charge on any atom is 0.248 e. The van der Waals surface area contributed by atoms with Crippen molar-refractivity contribution >= 4 is 23.3 Å². The summed E-state index contributed by atoms with van der Waals surface area (Å²) in [6.07, 6.45) is 1.70. The minimum absolute atomic E-state index is 0.493. The van der Waals surface area contributed by atoms with Gasteiger partial charge in [0.05, 0.1) is 6.54 Å². The summed E-state index contributed by atoms with van der Waals surface area (Å²) in [5.74, 6) is 0.493. The van der Waals surface area contributed by atoms with E-state index in [2.05, 4.69) is 51.9 Å². The number of benzene rings is 2. The van der Waals surface area contributed by atoms with Crippen LogP contribution in [0.1, 0.15) is 16.7 Å². The van der Waals surface area contributed by atoms with Gasteiger partial charge in [-0.05, 0) is 30.3 Å². The Morgan fingerprint density at radius 2 is 1.79 bits per heavy atom. The van der Waals surface area contributed by atoms with Gasteiger partial charge in [0.15, 0.2) is 5.11 Å². The number of hydrogen-bond acceptors (Lipinski definition) is 3. The van der Waals surface area contributed by atoms with Crippen molar-refractivity contribution in [3.05, 3.63) is 77.6 Å². The van der Waals surface area contributed by atoms with Gasteiger partial charge < -0.3 is 5.32 Å². The van der Waals surface area contributed by atoms with E-state index in [4.69, 9.17) is 12.2 Å². The van der Waals surface area contributed by atoms with Crippen LogP contribution in [-0.4, -0.2) is 19.9 Å². The zero-order valence-electron chi connectivity index (χ0n) is 13.4. The van der Waals surface area contributed by atoms with Crippen molar-refractivity contribution in [1.29, 1.82) is 0 Å². The van der Waals surface area contributed by atoms with E-state index in [1.165, 1.54) is 16.7 Å². The lowest BCUT2D eigenvalue weighted by Gasteiger charge is -2.07. The molecule has 0 spiro atoms. The summed E-state index contributed by atoms with van der Waals surface area (Å²) in [5, 5.41) is 11.0. The summed E-state index contributed by atoms with van der Waals surface area (Å²) < 4.78 is 1.78. The molecular weight excluding hydrogens is 318 g/mol. The molecule has 0 radical (unpaired) electrons. The van der Waals surface area contributed by atoms with Gasteiger partial charge in [-0.15, -0.1) is 5.10 Å². The number of rotatable bonds is 5. The molecule has 2 aromatic carbocycles. The van der Waals surface area contributed by atoms with Crippen molar-refractivity contribution in [2.45, 2.75) is 20.0 Å². The zero-order chi connectivity index (χ0) is 16.8. The van der Waals surface area contributed by atoms with E-state index in [1.807, 2.05) is 30.3 Å². The number of thiocarbonyl (C=S) groups is 1. The molecule has 24 heavy (non-hydrogen) atoms. The Kier molecular flexibility index (Phi) is 5.18. The second-order valence-electron chi connectivity index (χ2n) is 5.54. The minimum atomic E-state index is 0.493. The summed E-state index contributed by atoms with van der Waals surface area (Å²) in [4.78, 5) is 4.24. The molecule has 0 aliphatic rings. The molecule has 3 aromatic rings. The van der Waals surface area contributed by atoms with Gasteiger partial charge in [0, 0.05) is 6.54 Å². The quantitative estimate of drug-likeness (QED) is 0.701. The van der Waals surface area contributed by atoms with E-state index >= 15 is 0 Å². The van der Waals surface area contributed by atoms with E-state index in [-0.39, 0.29) is 0 Å². The van der Waals surface area contributed by atoms with Gasteiger partial charge in [0.25, 0.3) is 0 Å². The monoisotopic (exact) mass is 337 g/mol. The summed E-state index contributed by atoms with van der Waals surface area (Å²) >= 11 is 5.28. The van der Waals surface area contributed by atoms with Gasteiger partial charge in [-0.1, -0.05) is 60.2 Å². The maximum atomic E-state index is 5.28. The second kappa shape index (κ2) is 7.70. The van der Waals surface area contributed by atoms with Crippen LogP contribution in [0.4, 0.5) is 5.95 Å². The first-order chi connectivity index (χ1) is 11.7. The molecule has 0 amide bonds. The fourth-order valence-corrected chi connectivity index (χ4v) is 2.40. The molecule has 0 aliphatic heterocycles. The maximum absolute atomic E-state index is 5.28. The fourth-order valence-electron chi connectivity index (χ4n) is 2.23. The van der Waals surface area contributed by atoms with E-state index in [1.54, 1.807) is 11.0 Å². The van der Waals surface area contributed by atoms with Crippen LogP contribution in [0.2, 0.25) is 0 Å². The third kappa shape index (κ3) is 4.63. The average Bonchev–Trinajstić information content (AvgIpc) is 3.03. The lowest BCUT2D eigenvalue weighted by molar-refractivity contribution is 0.687. The van der Waals surface area contributed by atoms with Crippen molar-refractivity contribution in [3.8, 4) is 0 Å². The van der Waals surface area contributed by atoms with Crippen LogP contribution in [0.3, 0.4) is 0 Å². The van der Waals surface area contributed by atoms with Crippen molar-refractivity contribution < 1.29 is 0 Å². The van der Waals surface area contributed by atoms with Gasteiger partial charge in [0.1, 0.15) is 6.33 Å². The molecule has 0 saturated carbocycles. The largest absolute Gasteiger partial charge is 0.358 e. The second-order valence-corrected chi connectivity index (χ2v) is 5.95. The normalized spacial score (nSPS) is 10.4. The molecular formula is C18H19N5S. The molecule has 0 fully saturated rings. The highest BCUT2D eigenvalue weighted by Crippen LogP contribution is 2.06. The highest BCUT2D eigenvalue weighted by molar-refractivity contribution is 7.80. The summed E-state index contributed by atoms with van der Waals surface area (Å²) in [6, 6.07) is 18.5. The van der Waals surface area contributed by atoms with E-state index in [9.17, 15) is 0 Å². The number of aromatic nitrogens is 3. The van der Waals surface area contributed by atoms with Gasteiger partial charge in [-0.3, -0.25) is 5.32 Å². The first-order valence-corrected chi connectivity index (χ1v) is 8.13. The first-order valence-electron chi connectivity index (χ1n) is 7.73. The van der Waals surface area contributed by atoms with E-state index in [0.29, 0.717) is 24.2 Å². The van der Waals surface area contributed by atoms with E-state index in [0.717, 1.165) is 0 Å². The fraction of sp³-hybridized carbons (Fsp3) is 0.167. The van der Waals surface area contributed by atoms with Crippen LogP contribution >= 0.6 is 12.2 Å². The topological polar surface area (TPSA) is 54.8 Å². The Balaban J connectivity index is 1.51. The molecule has 3 rings (SSSR count). The molecule has 0 aliphatic carbocycles. The third-order valence-corrected chi connectivity index (χ3v) is 3.77. The molecule has 1 aromatic heterocycles. The predicted octanol–water partition coefficient (Wildman–Crippen LogP) is 3.12. The molecule has 122 valence electrons. The highest BCUT2D eigenvalue weighted by atomic mass is 32.1. The summed E-state index contributed by atoms with van der Waals surface area (Å²) in [6.45, 7) is 3.42. The van der Waals surface area contributed by atoms with Crippen LogP contribution in [0, 0.1) is 6.92 Å². The molecule has 5 nitrogen and oxygen atoms in total. The Labute approximate surface area is 146 Å². The molecule has 6 heteroatoms. The van der Waals surface area contributed by atoms with Gasteiger partial charge >= 0.3 is 0 Å². The van der Waals surface area contributed by atoms with Crippen LogP contribution in [-0.2, 0) is 13.1 Å². The van der Waals surface area contributed by atoms with Crippen LogP contribution in [0.5, 0.6) is 0 Å². The average molecular weight is 337 g/mol. The Hall–Kier alpha value is -2.73. The lowest BCUT2D eigenvalue weighted by Crippen LogP contribution is -2.28. The highest BCUT2D eigenvalue weighted by Gasteiger charge is 2.04. The summed E-state index contributed by atoms with van der Waals surface area (Å²) in [7, 11) is 0. The number of hydrogen-bond donors (Lipinski definition) is 2. The molecule has 1 heterocycles. The Morgan fingerprint density at radius 1 is 1.04 bits per heavy atom. The van der Waals surface area contributed by atoms with Crippen LogP contribution in [0.15, 0.2) is 60.9 Å². The van der Waals surface area contributed by atoms with Crippen LogP contribution < -0.4 is 10.6 Å². The van der Waals surface area contributed by atoms with Gasteiger partial charge in [-0.2, -0.15) is 0 Å². The smallest absolute Gasteiger partial charge is 0.248 e. The van der Waals surface area contributed by atoms with Crippen molar-refractivity contribution in [2.75, 3.05) is 5.32 Å². The standard InChI is InChI=1S/C18H19N5S/c1-14-7-9-16(10-8-14)12-23-13-20-17(22-23)21-18(24)19-11-15-5-3-2-4-6-15/h2-10,13H,11-12H2,1H3,(H2,19,21,22,24). The first kappa shape index (κ1) is 16.1. The molecule has 0 bridgehead atoms. The van der Waals surface area contributed by atoms with Crippen molar-refractivity contribution in [1.82, 2.24) is 20.1 Å². The van der Waals surface area contributed by atoms with E-state index < -0.39 is 0 Å².